The predicted molar refractivity (Wildman–Crippen MR) is 103 cm³/mol. The number of carbonyl (C=O) groups excluding carboxylic acids is 1. The molecule has 0 atom stereocenters. The zero-order chi connectivity index (χ0) is 17.5. The van der Waals surface area contributed by atoms with Gasteiger partial charge in [-0.25, -0.2) is 4.98 Å². The fourth-order valence-corrected chi connectivity index (χ4v) is 4.06. The number of rotatable bonds is 2. The van der Waals surface area contributed by atoms with Gasteiger partial charge in [-0.3, -0.25) is 10.1 Å². The Morgan fingerprint density at radius 2 is 1.85 bits per heavy atom. The Bertz CT molecular complexity index is 1150. The number of amides is 1. The third kappa shape index (κ3) is 2.55. The maximum atomic E-state index is 12.6. The normalized spacial score (nSPS) is 13.1. The molecule has 1 aliphatic heterocycles. The average molecular weight is 362 g/mol. The first-order chi connectivity index (χ1) is 12.8. The van der Waals surface area contributed by atoms with Crippen LogP contribution in [-0.2, 0) is 0 Å². The molecule has 1 aromatic heterocycles. The van der Waals surface area contributed by atoms with Crippen molar-refractivity contribution in [2.24, 2.45) is 0 Å². The van der Waals surface area contributed by atoms with Gasteiger partial charge < -0.3 is 9.47 Å². The largest absolute Gasteiger partial charge is 0.486 e. The van der Waals surface area contributed by atoms with Gasteiger partial charge in [-0.2, -0.15) is 0 Å². The van der Waals surface area contributed by atoms with Crippen LogP contribution in [0.15, 0.2) is 54.6 Å². The van der Waals surface area contributed by atoms with E-state index in [1.807, 2.05) is 24.3 Å². The highest BCUT2D eigenvalue weighted by molar-refractivity contribution is 7.23. The summed E-state index contributed by atoms with van der Waals surface area (Å²) in [6.07, 6.45) is 0. The van der Waals surface area contributed by atoms with E-state index < -0.39 is 0 Å². The van der Waals surface area contributed by atoms with Gasteiger partial charge in [-0.1, -0.05) is 41.7 Å². The van der Waals surface area contributed by atoms with Gasteiger partial charge in [0.1, 0.15) is 13.2 Å². The molecule has 0 saturated carbocycles. The van der Waals surface area contributed by atoms with Gasteiger partial charge >= 0.3 is 0 Å². The van der Waals surface area contributed by atoms with E-state index in [9.17, 15) is 4.79 Å². The highest BCUT2D eigenvalue weighted by Crippen LogP contribution is 2.34. The molecule has 5 rings (SSSR count). The van der Waals surface area contributed by atoms with Crippen molar-refractivity contribution in [2.75, 3.05) is 18.5 Å². The zero-order valence-electron chi connectivity index (χ0n) is 13.7. The Labute approximate surface area is 153 Å². The molecular formula is C20H14N2O3S. The fraction of sp³-hybridized carbons (Fsp3) is 0.100. The van der Waals surface area contributed by atoms with Crippen LogP contribution in [0, 0.1) is 0 Å². The average Bonchev–Trinajstić information content (AvgIpc) is 3.10. The summed E-state index contributed by atoms with van der Waals surface area (Å²) < 4.78 is 12.1. The first-order valence-corrected chi connectivity index (χ1v) is 9.09. The third-order valence-electron chi connectivity index (χ3n) is 4.30. The first-order valence-electron chi connectivity index (χ1n) is 8.27. The zero-order valence-corrected chi connectivity index (χ0v) is 14.5. The quantitative estimate of drug-likeness (QED) is 0.571. The molecule has 0 radical (unpaired) electrons. The highest BCUT2D eigenvalue weighted by Gasteiger charge is 2.16. The van der Waals surface area contributed by atoms with E-state index in [1.54, 1.807) is 18.2 Å². The third-order valence-corrected chi connectivity index (χ3v) is 5.32. The maximum Gasteiger partial charge on any atom is 0.257 e. The van der Waals surface area contributed by atoms with Crippen LogP contribution in [0.1, 0.15) is 10.4 Å². The Morgan fingerprint density at radius 1 is 1.00 bits per heavy atom. The maximum absolute atomic E-state index is 12.6. The molecule has 0 fully saturated rings. The van der Waals surface area contributed by atoms with Gasteiger partial charge in [0.25, 0.3) is 5.91 Å². The Balaban J connectivity index is 1.47. The molecule has 0 saturated heterocycles. The molecule has 128 valence electrons. The van der Waals surface area contributed by atoms with Crippen molar-refractivity contribution in [3.63, 3.8) is 0 Å². The molecule has 0 spiro atoms. The molecule has 1 N–H and O–H groups in total. The monoisotopic (exact) mass is 362 g/mol. The van der Waals surface area contributed by atoms with E-state index in [0.29, 0.717) is 35.4 Å². The van der Waals surface area contributed by atoms with Crippen LogP contribution in [-0.4, -0.2) is 24.1 Å². The number of carbonyl (C=O) groups is 1. The van der Waals surface area contributed by atoms with Crippen molar-refractivity contribution in [1.82, 2.24) is 4.98 Å². The molecule has 1 aliphatic rings. The molecule has 5 nitrogen and oxygen atoms in total. The highest BCUT2D eigenvalue weighted by atomic mass is 32.1. The van der Waals surface area contributed by atoms with Crippen molar-refractivity contribution in [3.8, 4) is 11.5 Å². The smallest absolute Gasteiger partial charge is 0.257 e. The molecule has 2 heterocycles. The Morgan fingerprint density at radius 3 is 2.77 bits per heavy atom. The number of benzene rings is 3. The first kappa shape index (κ1) is 15.2. The number of fused-ring (bicyclic) bond motifs is 4. The lowest BCUT2D eigenvalue weighted by atomic mass is 10.1. The molecule has 3 aromatic carbocycles. The summed E-state index contributed by atoms with van der Waals surface area (Å²) >= 11 is 1.48. The van der Waals surface area contributed by atoms with E-state index in [2.05, 4.69) is 22.4 Å². The van der Waals surface area contributed by atoms with Crippen LogP contribution in [0.3, 0.4) is 0 Å². The number of hydrogen-bond donors (Lipinski definition) is 1. The van der Waals surface area contributed by atoms with Crippen molar-refractivity contribution >= 4 is 43.4 Å². The summed E-state index contributed by atoms with van der Waals surface area (Å²) in [5.74, 6) is 1.05. The number of nitrogens with zero attached hydrogens (tertiary/aromatic N) is 1. The van der Waals surface area contributed by atoms with E-state index in [1.165, 1.54) is 11.3 Å². The van der Waals surface area contributed by atoms with Crippen molar-refractivity contribution in [3.05, 3.63) is 60.2 Å². The predicted octanol–water partition coefficient (Wildman–Crippen LogP) is 4.47. The van der Waals surface area contributed by atoms with Crippen LogP contribution in [0.2, 0.25) is 0 Å². The lowest BCUT2D eigenvalue weighted by molar-refractivity contribution is 0.102. The molecular weight excluding hydrogens is 348 g/mol. The van der Waals surface area contributed by atoms with Gasteiger partial charge in [0.15, 0.2) is 16.6 Å². The van der Waals surface area contributed by atoms with Gasteiger partial charge in [0, 0.05) is 10.9 Å². The molecule has 6 heteroatoms. The standard InChI is InChI=1S/C20H14N2O3S/c23-19(13-6-8-16-17(11-13)25-10-9-24-16)22-20-21-15-7-5-12-3-1-2-4-14(12)18(15)26-20/h1-8,11H,9-10H2,(H,21,22,23). The molecule has 0 bridgehead atoms. The van der Waals surface area contributed by atoms with E-state index in [0.717, 1.165) is 21.0 Å². The van der Waals surface area contributed by atoms with Gasteiger partial charge in [0.05, 0.1) is 10.2 Å². The second kappa shape index (κ2) is 6.00. The summed E-state index contributed by atoms with van der Waals surface area (Å²) in [6.45, 7) is 1.02. The second-order valence-electron chi connectivity index (χ2n) is 5.97. The minimum atomic E-state index is -0.217. The van der Waals surface area contributed by atoms with Crippen molar-refractivity contribution in [2.45, 2.75) is 0 Å². The summed E-state index contributed by atoms with van der Waals surface area (Å²) in [4.78, 5) is 17.1. The molecule has 1 amide bonds. The number of thiazole rings is 1. The molecule has 0 unspecified atom stereocenters. The van der Waals surface area contributed by atoms with Gasteiger partial charge in [-0.05, 0) is 29.7 Å². The van der Waals surface area contributed by atoms with Crippen LogP contribution in [0.5, 0.6) is 11.5 Å². The minimum absolute atomic E-state index is 0.217. The van der Waals surface area contributed by atoms with Crippen LogP contribution < -0.4 is 14.8 Å². The lowest BCUT2D eigenvalue weighted by Gasteiger charge is -2.18. The summed E-state index contributed by atoms with van der Waals surface area (Å²) in [7, 11) is 0. The Kier molecular flexibility index (Phi) is 3.50. The van der Waals surface area contributed by atoms with Crippen molar-refractivity contribution < 1.29 is 14.3 Å². The van der Waals surface area contributed by atoms with Gasteiger partial charge in [0.2, 0.25) is 0 Å². The molecule has 4 aromatic rings. The van der Waals surface area contributed by atoms with Gasteiger partial charge in [-0.15, -0.1) is 0 Å². The minimum Gasteiger partial charge on any atom is -0.486 e. The summed E-state index contributed by atoms with van der Waals surface area (Å²) in [5, 5.41) is 5.77. The van der Waals surface area contributed by atoms with Crippen LogP contribution >= 0.6 is 11.3 Å². The Hall–Kier alpha value is -3.12. The lowest BCUT2D eigenvalue weighted by Crippen LogP contribution is -2.17. The molecule has 26 heavy (non-hydrogen) atoms. The fourth-order valence-electron chi connectivity index (χ4n) is 3.06. The van der Waals surface area contributed by atoms with E-state index in [4.69, 9.17) is 9.47 Å². The number of ether oxygens (including phenoxy) is 2. The van der Waals surface area contributed by atoms with Crippen LogP contribution in [0.25, 0.3) is 21.0 Å². The summed E-state index contributed by atoms with van der Waals surface area (Å²) in [5.41, 5.74) is 1.39. The number of hydrogen-bond acceptors (Lipinski definition) is 5. The number of anilines is 1. The summed E-state index contributed by atoms with van der Waals surface area (Å²) in [6, 6.07) is 17.4. The second-order valence-corrected chi connectivity index (χ2v) is 6.97. The molecule has 0 aliphatic carbocycles. The van der Waals surface area contributed by atoms with E-state index >= 15 is 0 Å². The van der Waals surface area contributed by atoms with Crippen molar-refractivity contribution in [1.29, 1.82) is 0 Å². The SMILES string of the molecule is O=C(Nc1nc2ccc3ccccc3c2s1)c1ccc2c(c1)OCCO2. The van der Waals surface area contributed by atoms with E-state index in [-0.39, 0.29) is 5.91 Å². The number of aromatic nitrogens is 1. The number of nitrogens with one attached hydrogen (secondary N) is 1. The topological polar surface area (TPSA) is 60.5 Å². The van der Waals surface area contributed by atoms with Crippen LogP contribution in [0.4, 0.5) is 5.13 Å².